The molecule has 0 aromatic heterocycles. The summed E-state index contributed by atoms with van der Waals surface area (Å²) in [5.41, 5.74) is 0. The van der Waals surface area contributed by atoms with E-state index in [4.69, 9.17) is 0 Å². The van der Waals surface area contributed by atoms with Crippen LogP contribution in [0, 0.1) is 5.92 Å². The SMILES string of the molecule is C[C@@H]1CNSC1. The van der Waals surface area contributed by atoms with Gasteiger partial charge in [-0.25, -0.2) is 0 Å². The van der Waals surface area contributed by atoms with Crippen molar-refractivity contribution >= 4 is 11.9 Å². The molecule has 1 rings (SSSR count). The van der Waals surface area contributed by atoms with Crippen LogP contribution < -0.4 is 4.72 Å². The second kappa shape index (κ2) is 1.85. The van der Waals surface area contributed by atoms with Gasteiger partial charge < -0.3 is 0 Å². The second-order valence-corrected chi connectivity index (χ2v) is 2.68. The third-order valence-corrected chi connectivity index (χ3v) is 2.01. The quantitative estimate of drug-likeness (QED) is 0.457. The Kier molecular flexibility index (Phi) is 1.37. The van der Waals surface area contributed by atoms with Crippen molar-refractivity contribution < 1.29 is 0 Å². The van der Waals surface area contributed by atoms with Gasteiger partial charge in [0.1, 0.15) is 0 Å². The van der Waals surface area contributed by atoms with Crippen LogP contribution in [0.25, 0.3) is 0 Å². The van der Waals surface area contributed by atoms with Crippen LogP contribution in [0.3, 0.4) is 0 Å². The summed E-state index contributed by atoms with van der Waals surface area (Å²) in [6.07, 6.45) is 0. The molecule has 0 radical (unpaired) electrons. The fourth-order valence-electron chi connectivity index (χ4n) is 0.461. The predicted molar refractivity (Wildman–Crippen MR) is 29.6 cm³/mol. The predicted octanol–water partition coefficient (Wildman–Crippen LogP) is 0.874. The smallest absolute Gasteiger partial charge is 0.0117 e. The Morgan fingerprint density at radius 2 is 2.67 bits per heavy atom. The lowest BCUT2D eigenvalue weighted by atomic mass is 10.2. The largest absolute Gasteiger partial charge is 0.264 e. The molecule has 2 heteroatoms. The van der Waals surface area contributed by atoms with Gasteiger partial charge in [0.15, 0.2) is 0 Å². The van der Waals surface area contributed by atoms with Gasteiger partial charge in [0, 0.05) is 12.3 Å². The molecule has 36 valence electrons. The number of rotatable bonds is 0. The van der Waals surface area contributed by atoms with Crippen molar-refractivity contribution in [2.24, 2.45) is 5.92 Å². The topological polar surface area (TPSA) is 12.0 Å². The molecule has 1 heterocycles. The molecule has 1 nitrogen and oxygen atoms in total. The van der Waals surface area contributed by atoms with Crippen molar-refractivity contribution in [3.8, 4) is 0 Å². The van der Waals surface area contributed by atoms with Crippen molar-refractivity contribution in [3.05, 3.63) is 0 Å². The lowest BCUT2D eigenvalue weighted by molar-refractivity contribution is 0.685. The maximum absolute atomic E-state index is 3.19. The maximum atomic E-state index is 3.19. The van der Waals surface area contributed by atoms with Gasteiger partial charge >= 0.3 is 0 Å². The monoisotopic (exact) mass is 103 g/mol. The summed E-state index contributed by atoms with van der Waals surface area (Å²) in [6, 6.07) is 0. The van der Waals surface area contributed by atoms with E-state index in [1.54, 1.807) is 0 Å². The van der Waals surface area contributed by atoms with E-state index in [9.17, 15) is 0 Å². The molecule has 6 heavy (non-hydrogen) atoms. The molecule has 0 amide bonds. The van der Waals surface area contributed by atoms with Crippen LogP contribution in [0.1, 0.15) is 6.92 Å². The summed E-state index contributed by atoms with van der Waals surface area (Å²) in [5.74, 6) is 2.19. The van der Waals surface area contributed by atoms with Crippen LogP contribution >= 0.6 is 11.9 Å². The first-order valence-corrected chi connectivity index (χ1v) is 3.23. The van der Waals surface area contributed by atoms with Crippen molar-refractivity contribution in [2.75, 3.05) is 12.3 Å². The standard InChI is InChI=1S/C4H9NS/c1-4-2-5-6-3-4/h4-5H,2-3H2,1H3/t4-/m1/s1. The Labute approximate surface area is 42.6 Å². The second-order valence-electron chi connectivity index (χ2n) is 1.76. The van der Waals surface area contributed by atoms with Crippen molar-refractivity contribution in [1.29, 1.82) is 0 Å². The summed E-state index contributed by atoms with van der Waals surface area (Å²) in [6.45, 7) is 3.46. The van der Waals surface area contributed by atoms with E-state index < -0.39 is 0 Å². The zero-order chi connectivity index (χ0) is 4.41. The van der Waals surface area contributed by atoms with Crippen molar-refractivity contribution in [2.45, 2.75) is 6.92 Å². The lowest BCUT2D eigenvalue weighted by Gasteiger charge is -1.88. The fraction of sp³-hybridized carbons (Fsp3) is 1.00. The summed E-state index contributed by atoms with van der Waals surface area (Å²) < 4.78 is 3.19. The van der Waals surface area contributed by atoms with E-state index >= 15 is 0 Å². The summed E-state index contributed by atoms with van der Waals surface area (Å²) in [7, 11) is 0. The van der Waals surface area contributed by atoms with E-state index in [2.05, 4.69) is 11.6 Å². The molecule has 0 spiro atoms. The van der Waals surface area contributed by atoms with E-state index in [1.165, 1.54) is 12.3 Å². The average Bonchev–Trinajstić information content (AvgIpc) is 1.86. The Bertz CT molecular complexity index is 40.8. The van der Waals surface area contributed by atoms with Crippen LogP contribution in [-0.2, 0) is 0 Å². The molecule has 1 N–H and O–H groups in total. The highest BCUT2D eigenvalue weighted by molar-refractivity contribution is 7.97. The summed E-state index contributed by atoms with van der Waals surface area (Å²) in [4.78, 5) is 0. The molecule has 0 aromatic rings. The van der Waals surface area contributed by atoms with Gasteiger partial charge in [0.25, 0.3) is 0 Å². The first-order chi connectivity index (χ1) is 2.89. The molecule has 1 aliphatic heterocycles. The molecule has 0 aromatic carbocycles. The van der Waals surface area contributed by atoms with Crippen molar-refractivity contribution in [3.63, 3.8) is 0 Å². The zero-order valence-corrected chi connectivity index (χ0v) is 4.72. The highest BCUT2D eigenvalue weighted by Crippen LogP contribution is 2.10. The maximum Gasteiger partial charge on any atom is 0.0117 e. The van der Waals surface area contributed by atoms with E-state index in [0.29, 0.717) is 0 Å². The number of nitrogens with one attached hydrogen (secondary N) is 1. The molecule has 1 atom stereocenters. The minimum absolute atomic E-state index is 0.898. The zero-order valence-electron chi connectivity index (χ0n) is 3.90. The molecule has 0 saturated carbocycles. The highest BCUT2D eigenvalue weighted by Gasteiger charge is 2.07. The van der Waals surface area contributed by atoms with Gasteiger partial charge in [0.2, 0.25) is 0 Å². The van der Waals surface area contributed by atoms with Crippen molar-refractivity contribution in [1.82, 2.24) is 4.72 Å². The fourth-order valence-corrected chi connectivity index (χ4v) is 1.38. The molecule has 1 aliphatic rings. The third-order valence-electron chi connectivity index (χ3n) is 0.902. The van der Waals surface area contributed by atoms with E-state index in [-0.39, 0.29) is 0 Å². The first kappa shape index (κ1) is 4.47. The number of hydrogen-bond donors (Lipinski definition) is 1. The van der Waals surface area contributed by atoms with Crippen LogP contribution in [0.15, 0.2) is 0 Å². The van der Waals surface area contributed by atoms with Crippen LogP contribution in [0.2, 0.25) is 0 Å². The molecule has 1 fully saturated rings. The third kappa shape index (κ3) is 0.884. The minimum Gasteiger partial charge on any atom is -0.264 e. The van der Waals surface area contributed by atoms with Gasteiger partial charge in [-0.05, 0) is 5.92 Å². The molecule has 0 unspecified atom stereocenters. The van der Waals surface area contributed by atoms with E-state index in [1.807, 2.05) is 11.9 Å². The Morgan fingerprint density at radius 1 is 1.83 bits per heavy atom. The summed E-state index contributed by atoms with van der Waals surface area (Å²) >= 11 is 1.83. The van der Waals surface area contributed by atoms with Crippen LogP contribution in [0.4, 0.5) is 0 Å². The van der Waals surface area contributed by atoms with Gasteiger partial charge in [-0.3, -0.25) is 4.72 Å². The Morgan fingerprint density at radius 3 is 2.83 bits per heavy atom. The van der Waals surface area contributed by atoms with E-state index in [0.717, 1.165) is 5.92 Å². The van der Waals surface area contributed by atoms with Crippen LogP contribution in [0.5, 0.6) is 0 Å². The van der Waals surface area contributed by atoms with Gasteiger partial charge in [-0.1, -0.05) is 18.9 Å². The normalized spacial score (nSPS) is 34.5. The van der Waals surface area contributed by atoms with Gasteiger partial charge in [-0.15, -0.1) is 0 Å². The average molecular weight is 103 g/mol. The molecule has 1 saturated heterocycles. The highest BCUT2D eigenvalue weighted by atomic mass is 32.2. The summed E-state index contributed by atoms with van der Waals surface area (Å²) in [5, 5.41) is 0. The van der Waals surface area contributed by atoms with Gasteiger partial charge in [-0.2, -0.15) is 0 Å². The van der Waals surface area contributed by atoms with Crippen LogP contribution in [-0.4, -0.2) is 12.3 Å². The molecular formula is C4H9NS. The lowest BCUT2D eigenvalue weighted by Crippen LogP contribution is -2.01. The minimum atomic E-state index is 0.898. The number of hydrogen-bond acceptors (Lipinski definition) is 2. The Hall–Kier alpha value is 0.310. The molecule has 0 aliphatic carbocycles. The Balaban J connectivity index is 2.18. The molecular weight excluding hydrogens is 94.1 g/mol. The molecule has 0 bridgehead atoms. The van der Waals surface area contributed by atoms with Gasteiger partial charge in [0.05, 0.1) is 0 Å². The first-order valence-electron chi connectivity index (χ1n) is 2.24.